The number of carbonyl (C=O) groups excluding carboxylic acids is 1. The Bertz CT molecular complexity index is 457. The number of rotatable bonds is 7. The van der Waals surface area contributed by atoms with E-state index in [0.717, 1.165) is 0 Å². The van der Waals surface area contributed by atoms with Gasteiger partial charge in [-0.15, -0.1) is 0 Å². The van der Waals surface area contributed by atoms with Crippen molar-refractivity contribution in [3.05, 3.63) is 0 Å². The molecule has 1 rings (SSSR count). The number of alkyl halides is 3. The van der Waals surface area contributed by atoms with Crippen molar-refractivity contribution in [2.75, 3.05) is 53.4 Å². The Kier molecular flexibility index (Phi) is 8.47. The van der Waals surface area contributed by atoms with Gasteiger partial charge in [-0.3, -0.25) is 14.7 Å². The summed E-state index contributed by atoms with van der Waals surface area (Å²) in [6, 6.07) is 0. The van der Waals surface area contributed by atoms with Crippen LogP contribution in [0.4, 0.5) is 13.2 Å². The van der Waals surface area contributed by atoms with Gasteiger partial charge in [-0.25, -0.2) is 0 Å². The monoisotopic (exact) mass is 366 g/mol. The lowest BCUT2D eigenvalue weighted by Crippen LogP contribution is -2.40. The van der Waals surface area contributed by atoms with Gasteiger partial charge in [0, 0.05) is 26.2 Å². The van der Waals surface area contributed by atoms with E-state index in [1.807, 2.05) is 18.7 Å². The van der Waals surface area contributed by atoms with E-state index in [9.17, 15) is 18.0 Å². The van der Waals surface area contributed by atoms with Crippen molar-refractivity contribution in [3.63, 3.8) is 0 Å². The molecular weight excluding hydrogens is 337 g/mol. The summed E-state index contributed by atoms with van der Waals surface area (Å²) in [5.74, 6) is 0.444. The molecule has 1 N–H and O–H groups in total. The molecule has 1 heterocycles. The van der Waals surface area contributed by atoms with Gasteiger partial charge in [-0.05, 0) is 32.9 Å². The molecule has 0 bridgehead atoms. The molecule has 1 aliphatic rings. The van der Waals surface area contributed by atoms with Crippen molar-refractivity contribution in [2.24, 2.45) is 16.8 Å². The number of nitrogens with one attached hydrogen (secondary N) is 1. The molecular formula is C16H29F3N4O2. The van der Waals surface area contributed by atoms with Crippen LogP contribution in [0.3, 0.4) is 0 Å². The lowest BCUT2D eigenvalue weighted by molar-refractivity contribution is -0.146. The number of ether oxygens (including phenoxy) is 1. The largest absolute Gasteiger partial charge is 0.469 e. The number of carbonyl (C=O) groups is 1. The highest BCUT2D eigenvalue weighted by atomic mass is 19.4. The van der Waals surface area contributed by atoms with Crippen LogP contribution >= 0.6 is 0 Å². The molecule has 0 aromatic carbocycles. The normalized spacial score (nSPS) is 21.8. The van der Waals surface area contributed by atoms with Crippen molar-refractivity contribution < 1.29 is 22.7 Å². The molecule has 9 heteroatoms. The topological polar surface area (TPSA) is 57.2 Å². The quantitative estimate of drug-likeness (QED) is 0.321. The third kappa shape index (κ3) is 7.50. The van der Waals surface area contributed by atoms with E-state index in [-0.39, 0.29) is 17.8 Å². The second-order valence-corrected chi connectivity index (χ2v) is 6.45. The van der Waals surface area contributed by atoms with E-state index in [1.54, 1.807) is 0 Å². The third-order valence-electron chi connectivity index (χ3n) is 4.16. The minimum atomic E-state index is -4.18. The van der Waals surface area contributed by atoms with Gasteiger partial charge < -0.3 is 15.0 Å². The first-order valence-electron chi connectivity index (χ1n) is 8.54. The Morgan fingerprint density at radius 2 is 2.08 bits per heavy atom. The minimum absolute atomic E-state index is 0.161. The summed E-state index contributed by atoms with van der Waals surface area (Å²) in [6.45, 7) is 5.69. The van der Waals surface area contributed by atoms with Crippen molar-refractivity contribution >= 4 is 11.9 Å². The number of esters is 1. The van der Waals surface area contributed by atoms with Gasteiger partial charge in [-0.2, -0.15) is 13.2 Å². The summed E-state index contributed by atoms with van der Waals surface area (Å²) < 4.78 is 41.7. The molecule has 2 atom stereocenters. The number of nitrogens with zero attached hydrogens (tertiary/aromatic N) is 3. The predicted molar refractivity (Wildman–Crippen MR) is 90.4 cm³/mol. The Balaban J connectivity index is 2.53. The molecule has 0 saturated carbocycles. The molecule has 2 unspecified atom stereocenters. The number of halogens is 3. The van der Waals surface area contributed by atoms with Crippen LogP contribution in [0.2, 0.25) is 0 Å². The lowest BCUT2D eigenvalue weighted by Gasteiger charge is -2.22. The van der Waals surface area contributed by atoms with Gasteiger partial charge in [-0.1, -0.05) is 6.92 Å². The highest BCUT2D eigenvalue weighted by Gasteiger charge is 2.36. The van der Waals surface area contributed by atoms with Crippen LogP contribution < -0.4 is 5.32 Å². The van der Waals surface area contributed by atoms with E-state index >= 15 is 0 Å². The summed E-state index contributed by atoms with van der Waals surface area (Å²) in [7, 11) is 2.83. The molecule has 0 aromatic heterocycles. The summed E-state index contributed by atoms with van der Waals surface area (Å²) in [4.78, 5) is 19.5. The fraction of sp³-hybridized carbons (Fsp3) is 0.875. The second kappa shape index (κ2) is 9.84. The first-order valence-corrected chi connectivity index (χ1v) is 8.54. The first kappa shape index (κ1) is 21.5. The Labute approximate surface area is 147 Å². The molecule has 0 amide bonds. The molecule has 1 fully saturated rings. The van der Waals surface area contributed by atoms with Crippen molar-refractivity contribution in [2.45, 2.75) is 26.4 Å². The molecule has 0 aliphatic carbocycles. The standard InChI is InChI=1S/C16H29F3N4O2/c1-5-20-15(21-7-6-8-22(3)11-16(17,18)19)23-9-12(2)13(10-23)14(24)25-4/h12-13H,5-11H2,1-4H3,(H,20,21). The number of likely N-dealkylation sites (tertiary alicyclic amines) is 1. The first-order chi connectivity index (χ1) is 11.7. The molecule has 0 radical (unpaired) electrons. The molecule has 6 nitrogen and oxygen atoms in total. The summed E-state index contributed by atoms with van der Waals surface area (Å²) in [6.07, 6.45) is -3.65. The number of aliphatic imine (C=N–C) groups is 1. The van der Waals surface area contributed by atoms with Crippen LogP contribution in [0.1, 0.15) is 20.3 Å². The van der Waals surface area contributed by atoms with Gasteiger partial charge >= 0.3 is 12.1 Å². The zero-order valence-electron chi connectivity index (χ0n) is 15.4. The highest BCUT2D eigenvalue weighted by Crippen LogP contribution is 2.24. The average Bonchev–Trinajstić information content (AvgIpc) is 2.89. The maximum atomic E-state index is 12.3. The van der Waals surface area contributed by atoms with Crippen molar-refractivity contribution in [1.82, 2.24) is 15.1 Å². The smallest absolute Gasteiger partial charge is 0.401 e. The maximum absolute atomic E-state index is 12.3. The Hall–Kier alpha value is -1.51. The summed E-state index contributed by atoms with van der Waals surface area (Å²) in [5, 5.41) is 3.18. The van der Waals surface area contributed by atoms with Crippen LogP contribution in [0.15, 0.2) is 4.99 Å². The number of hydrogen-bond acceptors (Lipinski definition) is 4. The summed E-state index contributed by atoms with van der Waals surface area (Å²) in [5.41, 5.74) is 0. The minimum Gasteiger partial charge on any atom is -0.469 e. The van der Waals surface area contributed by atoms with Crippen molar-refractivity contribution in [3.8, 4) is 0 Å². The number of hydrogen-bond donors (Lipinski definition) is 1. The fourth-order valence-corrected chi connectivity index (χ4v) is 2.93. The van der Waals surface area contributed by atoms with E-state index in [2.05, 4.69) is 10.3 Å². The van der Waals surface area contributed by atoms with E-state index < -0.39 is 12.7 Å². The lowest BCUT2D eigenvalue weighted by atomic mass is 9.99. The van der Waals surface area contributed by atoms with E-state index in [4.69, 9.17) is 4.74 Å². The molecule has 0 aromatic rings. The third-order valence-corrected chi connectivity index (χ3v) is 4.16. The highest BCUT2D eigenvalue weighted by molar-refractivity contribution is 5.82. The van der Waals surface area contributed by atoms with Crippen LogP contribution in [-0.4, -0.2) is 81.3 Å². The number of methoxy groups -OCH3 is 1. The van der Waals surface area contributed by atoms with Gasteiger partial charge in [0.15, 0.2) is 5.96 Å². The molecule has 1 aliphatic heterocycles. The van der Waals surface area contributed by atoms with E-state index in [1.165, 1.54) is 19.1 Å². The fourth-order valence-electron chi connectivity index (χ4n) is 2.93. The summed E-state index contributed by atoms with van der Waals surface area (Å²) >= 11 is 0. The van der Waals surface area contributed by atoms with Gasteiger partial charge in [0.1, 0.15) is 0 Å². The molecule has 25 heavy (non-hydrogen) atoms. The number of guanidine groups is 1. The molecule has 146 valence electrons. The van der Waals surface area contributed by atoms with Gasteiger partial charge in [0.05, 0.1) is 19.6 Å². The van der Waals surface area contributed by atoms with Gasteiger partial charge in [0.2, 0.25) is 0 Å². The van der Waals surface area contributed by atoms with Crippen LogP contribution in [-0.2, 0) is 9.53 Å². The second-order valence-electron chi connectivity index (χ2n) is 6.45. The molecule has 0 spiro atoms. The van der Waals surface area contributed by atoms with Gasteiger partial charge in [0.25, 0.3) is 0 Å². The van der Waals surface area contributed by atoms with Crippen LogP contribution in [0.25, 0.3) is 0 Å². The maximum Gasteiger partial charge on any atom is 0.401 e. The SMILES string of the molecule is CCNC(=NCCCN(C)CC(F)(F)F)N1CC(C)C(C(=O)OC)C1. The zero-order valence-corrected chi connectivity index (χ0v) is 15.4. The molecule has 1 saturated heterocycles. The Morgan fingerprint density at radius 1 is 1.40 bits per heavy atom. The van der Waals surface area contributed by atoms with Crippen LogP contribution in [0, 0.1) is 11.8 Å². The predicted octanol–water partition coefficient (Wildman–Crippen LogP) is 1.58. The van der Waals surface area contributed by atoms with Crippen LogP contribution in [0.5, 0.6) is 0 Å². The van der Waals surface area contributed by atoms with Crippen molar-refractivity contribution in [1.29, 1.82) is 0 Å². The average molecular weight is 366 g/mol. The Morgan fingerprint density at radius 3 is 2.64 bits per heavy atom. The van der Waals surface area contributed by atoms with E-state index in [0.29, 0.717) is 45.1 Å². The zero-order chi connectivity index (χ0) is 19.0.